The summed E-state index contributed by atoms with van der Waals surface area (Å²) in [5.74, 6) is -0.100. The van der Waals surface area contributed by atoms with Crippen molar-refractivity contribution in [3.63, 3.8) is 0 Å². The van der Waals surface area contributed by atoms with Gasteiger partial charge in [0.05, 0.1) is 6.61 Å². The number of allylic oxidation sites excluding steroid dienone is 1. The predicted molar refractivity (Wildman–Crippen MR) is 74.9 cm³/mol. The molecule has 0 heterocycles. The molecule has 0 saturated heterocycles. The van der Waals surface area contributed by atoms with Crippen molar-refractivity contribution in [1.82, 2.24) is 0 Å². The molecule has 3 aliphatic rings. The third kappa shape index (κ3) is 4.36. The van der Waals surface area contributed by atoms with Gasteiger partial charge in [0.2, 0.25) is 0 Å². The van der Waals surface area contributed by atoms with Gasteiger partial charge in [-0.15, -0.1) is 0 Å². The Hall–Kier alpha value is -1.32. The molecule has 0 aromatic rings. The van der Waals surface area contributed by atoms with Gasteiger partial charge in [0.1, 0.15) is 12.5 Å². The van der Waals surface area contributed by atoms with Gasteiger partial charge in [0.15, 0.2) is 0 Å². The van der Waals surface area contributed by atoms with Crippen LogP contribution in [0.15, 0.2) is 12.2 Å². The van der Waals surface area contributed by atoms with Crippen LogP contribution in [0.5, 0.6) is 0 Å². The first kappa shape index (κ1) is 15.1. The second-order valence-corrected chi connectivity index (χ2v) is 7.05. The Balaban J connectivity index is 1.73. The van der Waals surface area contributed by atoms with Gasteiger partial charge >= 0.3 is 11.9 Å². The molecule has 0 aromatic heterocycles. The molecule has 0 aliphatic heterocycles. The summed E-state index contributed by atoms with van der Waals surface area (Å²) in [4.78, 5) is 23.3. The fourth-order valence-electron chi connectivity index (χ4n) is 2.69. The van der Waals surface area contributed by atoms with Gasteiger partial charge in [0, 0.05) is 5.92 Å². The molecule has 3 atom stereocenters. The number of carbonyl (C=O) groups excluding carboxylic acids is 2. The van der Waals surface area contributed by atoms with Crippen LogP contribution >= 0.6 is 0 Å². The molecule has 0 radical (unpaired) electrons. The van der Waals surface area contributed by atoms with Crippen molar-refractivity contribution in [2.45, 2.75) is 52.6 Å². The second-order valence-electron chi connectivity index (χ2n) is 7.05. The number of hydrogen-bond donors (Lipinski definition) is 0. The highest BCUT2D eigenvalue weighted by atomic mass is 16.6. The van der Waals surface area contributed by atoms with E-state index in [2.05, 4.69) is 12.2 Å². The van der Waals surface area contributed by atoms with Gasteiger partial charge in [-0.3, -0.25) is 9.59 Å². The Morgan fingerprint density at radius 1 is 1.15 bits per heavy atom. The first-order chi connectivity index (χ1) is 9.33. The van der Waals surface area contributed by atoms with E-state index in [4.69, 9.17) is 9.47 Å². The molecule has 2 bridgehead atoms. The summed E-state index contributed by atoms with van der Waals surface area (Å²) in [5.41, 5.74) is -0.0904. The zero-order valence-electron chi connectivity index (χ0n) is 12.6. The lowest BCUT2D eigenvalue weighted by Crippen LogP contribution is -2.35. The predicted octanol–water partition coefficient (Wildman–Crippen LogP) is 2.86. The minimum atomic E-state index is -0.499. The standard InChI is InChI=1S/C16H24O4/c1-16(2,3)10-19-14(17)9-15(18)20-13-8-11-4-6-12(13)7-5-11/h4,6,11-13H,5,7-10H2,1-3H3. The quantitative estimate of drug-likeness (QED) is 0.451. The summed E-state index contributed by atoms with van der Waals surface area (Å²) < 4.78 is 10.5. The van der Waals surface area contributed by atoms with Gasteiger partial charge in [-0.2, -0.15) is 0 Å². The molecule has 20 heavy (non-hydrogen) atoms. The Kier molecular flexibility index (Phi) is 4.51. The van der Waals surface area contributed by atoms with Crippen molar-refractivity contribution in [2.75, 3.05) is 6.61 Å². The first-order valence-corrected chi connectivity index (χ1v) is 7.37. The van der Waals surface area contributed by atoms with Crippen LogP contribution in [0.3, 0.4) is 0 Å². The van der Waals surface area contributed by atoms with Gasteiger partial charge < -0.3 is 9.47 Å². The Bertz CT molecular complexity index is 405. The lowest BCUT2D eigenvalue weighted by molar-refractivity contribution is -0.161. The van der Waals surface area contributed by atoms with E-state index >= 15 is 0 Å². The van der Waals surface area contributed by atoms with E-state index in [1.807, 2.05) is 20.8 Å². The molecule has 4 nitrogen and oxygen atoms in total. The van der Waals surface area contributed by atoms with E-state index < -0.39 is 11.9 Å². The van der Waals surface area contributed by atoms with E-state index in [0.29, 0.717) is 18.4 Å². The Morgan fingerprint density at radius 2 is 1.90 bits per heavy atom. The Labute approximate surface area is 120 Å². The summed E-state index contributed by atoms with van der Waals surface area (Å²) in [6, 6.07) is 0. The van der Waals surface area contributed by atoms with Crippen LogP contribution in [0.4, 0.5) is 0 Å². The van der Waals surface area contributed by atoms with Crippen LogP contribution in [-0.2, 0) is 19.1 Å². The van der Waals surface area contributed by atoms with Crippen LogP contribution in [0, 0.1) is 17.3 Å². The highest BCUT2D eigenvalue weighted by molar-refractivity contribution is 5.91. The van der Waals surface area contributed by atoms with Crippen molar-refractivity contribution >= 4 is 11.9 Å². The Morgan fingerprint density at radius 3 is 2.40 bits per heavy atom. The van der Waals surface area contributed by atoms with Crippen LogP contribution in [0.1, 0.15) is 46.5 Å². The highest BCUT2D eigenvalue weighted by Crippen LogP contribution is 2.37. The topological polar surface area (TPSA) is 52.6 Å². The second kappa shape index (κ2) is 5.98. The van der Waals surface area contributed by atoms with Crippen molar-refractivity contribution in [3.8, 4) is 0 Å². The molecule has 3 unspecified atom stereocenters. The summed E-state index contributed by atoms with van der Waals surface area (Å²) in [7, 11) is 0. The number of esters is 2. The van der Waals surface area contributed by atoms with Crippen LogP contribution < -0.4 is 0 Å². The average molecular weight is 280 g/mol. The van der Waals surface area contributed by atoms with Crippen LogP contribution in [0.2, 0.25) is 0 Å². The highest BCUT2D eigenvalue weighted by Gasteiger charge is 2.34. The van der Waals surface area contributed by atoms with Gasteiger partial charge in [-0.1, -0.05) is 32.9 Å². The molecule has 0 N–H and O–H groups in total. The van der Waals surface area contributed by atoms with Crippen LogP contribution in [-0.4, -0.2) is 24.6 Å². The molecule has 112 valence electrons. The third-order valence-corrected chi connectivity index (χ3v) is 3.75. The lowest BCUT2D eigenvalue weighted by Gasteiger charge is -2.37. The number of carbonyl (C=O) groups is 2. The monoisotopic (exact) mass is 280 g/mol. The number of fused-ring (bicyclic) bond motifs is 2. The minimum Gasteiger partial charge on any atom is -0.465 e. The molecule has 0 aromatic carbocycles. The molecule has 1 saturated carbocycles. The molecule has 1 fully saturated rings. The van der Waals surface area contributed by atoms with Crippen molar-refractivity contribution in [1.29, 1.82) is 0 Å². The fraction of sp³-hybridized carbons (Fsp3) is 0.750. The molecule has 3 rings (SSSR count). The maximum Gasteiger partial charge on any atom is 0.317 e. The summed E-state index contributed by atoms with van der Waals surface area (Å²) in [6.07, 6.45) is 7.18. The largest absolute Gasteiger partial charge is 0.465 e. The number of ether oxygens (including phenoxy) is 2. The molecular formula is C16H24O4. The molecule has 4 heteroatoms. The van der Waals surface area contributed by atoms with E-state index in [9.17, 15) is 9.59 Å². The maximum absolute atomic E-state index is 11.8. The summed E-state index contributed by atoms with van der Waals surface area (Å²) in [5, 5.41) is 0. The number of rotatable bonds is 4. The molecule has 3 aliphatic carbocycles. The summed E-state index contributed by atoms with van der Waals surface area (Å²) in [6.45, 7) is 6.24. The van der Waals surface area contributed by atoms with Crippen molar-refractivity contribution < 1.29 is 19.1 Å². The van der Waals surface area contributed by atoms with Gasteiger partial charge in [-0.05, 0) is 30.6 Å². The lowest BCUT2D eigenvalue weighted by atomic mass is 9.74. The molecule has 0 amide bonds. The zero-order valence-corrected chi connectivity index (χ0v) is 12.6. The van der Waals surface area contributed by atoms with E-state index in [1.54, 1.807) is 0 Å². The zero-order chi connectivity index (χ0) is 14.8. The van der Waals surface area contributed by atoms with Gasteiger partial charge in [-0.25, -0.2) is 0 Å². The van der Waals surface area contributed by atoms with E-state index in [-0.39, 0.29) is 17.9 Å². The van der Waals surface area contributed by atoms with Crippen LogP contribution in [0.25, 0.3) is 0 Å². The fourth-order valence-corrected chi connectivity index (χ4v) is 2.69. The summed E-state index contributed by atoms with van der Waals surface area (Å²) >= 11 is 0. The third-order valence-electron chi connectivity index (χ3n) is 3.75. The van der Waals surface area contributed by atoms with E-state index in [1.165, 1.54) is 6.42 Å². The molecule has 0 spiro atoms. The first-order valence-electron chi connectivity index (χ1n) is 7.37. The SMILES string of the molecule is CC(C)(C)COC(=O)CC(=O)OC1CC2C=CC1CC2. The molecular weight excluding hydrogens is 256 g/mol. The van der Waals surface area contributed by atoms with Crippen molar-refractivity contribution in [2.24, 2.45) is 17.3 Å². The average Bonchev–Trinajstić information content (AvgIpc) is 2.37. The smallest absolute Gasteiger partial charge is 0.317 e. The maximum atomic E-state index is 11.8. The van der Waals surface area contributed by atoms with Crippen molar-refractivity contribution in [3.05, 3.63) is 12.2 Å². The normalized spacial score (nSPS) is 28.2. The van der Waals surface area contributed by atoms with E-state index in [0.717, 1.165) is 12.8 Å². The number of hydrogen-bond acceptors (Lipinski definition) is 4. The van der Waals surface area contributed by atoms with Gasteiger partial charge in [0.25, 0.3) is 0 Å². The minimum absolute atomic E-state index is 0.0540.